The van der Waals surface area contributed by atoms with E-state index in [2.05, 4.69) is 4.98 Å². The van der Waals surface area contributed by atoms with E-state index in [0.717, 1.165) is 11.0 Å². The Balaban J connectivity index is 1.53. The fourth-order valence-electron chi connectivity index (χ4n) is 2.54. The second-order valence-electron chi connectivity index (χ2n) is 5.66. The topological polar surface area (TPSA) is 104 Å². The number of aromatic nitrogens is 2. The monoisotopic (exact) mass is 353 g/mol. The van der Waals surface area contributed by atoms with Crippen LogP contribution in [-0.2, 0) is 27.3 Å². The Morgan fingerprint density at radius 1 is 1.15 bits per heavy atom. The fourth-order valence-corrected chi connectivity index (χ4v) is 2.54. The third kappa shape index (κ3) is 4.10. The minimum atomic E-state index is -0.555. The van der Waals surface area contributed by atoms with Gasteiger partial charge in [-0.25, -0.2) is 4.98 Å². The van der Waals surface area contributed by atoms with Gasteiger partial charge < -0.3 is 9.30 Å². The molecule has 0 atom stereocenters. The van der Waals surface area contributed by atoms with Crippen LogP contribution in [0.2, 0.25) is 0 Å². The quantitative estimate of drug-likeness (QED) is 0.367. The van der Waals surface area contributed by atoms with E-state index in [0.29, 0.717) is 5.56 Å². The summed E-state index contributed by atoms with van der Waals surface area (Å²) in [6.45, 7) is -0.432. The lowest BCUT2D eigenvalue weighted by Crippen LogP contribution is -2.19. The first kappa shape index (κ1) is 17.3. The van der Waals surface area contributed by atoms with Gasteiger partial charge in [0.1, 0.15) is 13.2 Å². The lowest BCUT2D eigenvalue weighted by atomic mass is 10.1. The second-order valence-corrected chi connectivity index (χ2v) is 5.66. The number of imidazole rings is 1. The van der Waals surface area contributed by atoms with Gasteiger partial charge in [0.05, 0.1) is 22.3 Å². The summed E-state index contributed by atoms with van der Waals surface area (Å²) in [5.74, 6) is -0.894. The molecule has 0 unspecified atom stereocenters. The number of para-hydroxylation sites is 2. The predicted octanol–water partition coefficient (Wildman–Crippen LogP) is 2.30. The number of carbonyl (C=O) groups is 2. The Bertz CT molecular complexity index is 980. The number of carbonyl (C=O) groups excluding carboxylic acids is 2. The average molecular weight is 353 g/mol. The number of ketones is 1. The minimum absolute atomic E-state index is 0.0387. The van der Waals surface area contributed by atoms with Crippen molar-refractivity contribution >= 4 is 28.5 Å². The van der Waals surface area contributed by atoms with Crippen molar-refractivity contribution in [3.63, 3.8) is 0 Å². The fraction of sp³-hybridized carbons (Fsp3) is 0.167. The maximum absolute atomic E-state index is 11.9. The summed E-state index contributed by atoms with van der Waals surface area (Å²) < 4.78 is 6.65. The van der Waals surface area contributed by atoms with Crippen LogP contribution < -0.4 is 0 Å². The van der Waals surface area contributed by atoms with Gasteiger partial charge in [-0.1, -0.05) is 24.3 Å². The number of benzene rings is 2. The molecule has 0 saturated carbocycles. The molecule has 1 aromatic heterocycles. The lowest BCUT2D eigenvalue weighted by Gasteiger charge is -2.06. The summed E-state index contributed by atoms with van der Waals surface area (Å²) in [7, 11) is 0. The Morgan fingerprint density at radius 3 is 2.77 bits per heavy atom. The minimum Gasteiger partial charge on any atom is -0.456 e. The number of esters is 1. The van der Waals surface area contributed by atoms with Crippen LogP contribution >= 0.6 is 0 Å². The molecule has 0 aliphatic heterocycles. The van der Waals surface area contributed by atoms with Gasteiger partial charge in [0.15, 0.2) is 5.78 Å². The molecule has 0 bridgehead atoms. The van der Waals surface area contributed by atoms with E-state index in [-0.39, 0.29) is 31.0 Å². The second kappa shape index (κ2) is 7.56. The third-order valence-corrected chi connectivity index (χ3v) is 3.74. The van der Waals surface area contributed by atoms with Gasteiger partial charge in [-0.05, 0) is 17.7 Å². The molecule has 8 heteroatoms. The molecule has 132 valence electrons. The molecule has 0 fully saturated rings. The largest absolute Gasteiger partial charge is 0.456 e. The molecular weight excluding hydrogens is 338 g/mol. The highest BCUT2D eigenvalue weighted by atomic mass is 16.6. The van der Waals surface area contributed by atoms with Gasteiger partial charge in [0, 0.05) is 18.6 Å². The maximum atomic E-state index is 11.9. The van der Waals surface area contributed by atoms with Crippen molar-refractivity contribution in [2.24, 2.45) is 0 Å². The van der Waals surface area contributed by atoms with Gasteiger partial charge in [-0.2, -0.15) is 0 Å². The molecule has 0 N–H and O–H groups in total. The Hall–Kier alpha value is -3.55. The van der Waals surface area contributed by atoms with Crippen molar-refractivity contribution < 1.29 is 19.2 Å². The Labute approximate surface area is 148 Å². The van der Waals surface area contributed by atoms with Gasteiger partial charge in [-0.3, -0.25) is 19.7 Å². The molecule has 0 aliphatic carbocycles. The van der Waals surface area contributed by atoms with Crippen molar-refractivity contribution in [3.05, 3.63) is 70.5 Å². The summed E-state index contributed by atoms with van der Waals surface area (Å²) in [5, 5.41) is 10.7. The van der Waals surface area contributed by atoms with E-state index in [1.165, 1.54) is 24.5 Å². The number of rotatable bonds is 7. The number of nitrogens with zero attached hydrogens (tertiary/aromatic N) is 3. The molecule has 0 radical (unpaired) electrons. The van der Waals surface area contributed by atoms with Gasteiger partial charge in [0.2, 0.25) is 0 Å². The highest BCUT2D eigenvalue weighted by molar-refractivity contribution is 5.84. The number of non-ortho nitro benzene ring substituents is 1. The van der Waals surface area contributed by atoms with Crippen molar-refractivity contribution in [2.75, 3.05) is 6.61 Å². The van der Waals surface area contributed by atoms with Crippen LogP contribution in [0.3, 0.4) is 0 Å². The zero-order valence-corrected chi connectivity index (χ0v) is 13.7. The molecule has 3 rings (SSSR count). The van der Waals surface area contributed by atoms with Crippen molar-refractivity contribution in [1.82, 2.24) is 9.55 Å². The molecular formula is C18H15N3O5. The Morgan fingerprint density at radius 2 is 1.96 bits per heavy atom. The van der Waals surface area contributed by atoms with Crippen LogP contribution in [0.15, 0.2) is 54.9 Å². The average Bonchev–Trinajstić information content (AvgIpc) is 3.03. The molecule has 0 aliphatic rings. The van der Waals surface area contributed by atoms with Crippen molar-refractivity contribution in [1.29, 1.82) is 0 Å². The lowest BCUT2D eigenvalue weighted by molar-refractivity contribution is -0.384. The van der Waals surface area contributed by atoms with Crippen LogP contribution in [-0.4, -0.2) is 32.8 Å². The molecule has 8 nitrogen and oxygen atoms in total. The van der Waals surface area contributed by atoms with Crippen LogP contribution in [0.5, 0.6) is 0 Å². The first-order valence-corrected chi connectivity index (χ1v) is 7.83. The van der Waals surface area contributed by atoms with E-state index in [4.69, 9.17) is 4.74 Å². The third-order valence-electron chi connectivity index (χ3n) is 3.74. The molecule has 0 saturated heterocycles. The zero-order valence-electron chi connectivity index (χ0n) is 13.7. The summed E-state index contributed by atoms with van der Waals surface area (Å²) in [5.41, 5.74) is 1.98. The molecule has 2 aromatic carbocycles. The molecule has 1 heterocycles. The maximum Gasteiger partial charge on any atom is 0.326 e. The van der Waals surface area contributed by atoms with E-state index in [1.807, 2.05) is 24.3 Å². The smallest absolute Gasteiger partial charge is 0.326 e. The van der Waals surface area contributed by atoms with Crippen LogP contribution in [0.4, 0.5) is 5.69 Å². The Kier molecular flexibility index (Phi) is 5.02. The normalized spacial score (nSPS) is 10.6. The van der Waals surface area contributed by atoms with Crippen molar-refractivity contribution in [2.45, 2.75) is 13.0 Å². The zero-order chi connectivity index (χ0) is 18.5. The van der Waals surface area contributed by atoms with Gasteiger partial charge in [0.25, 0.3) is 5.69 Å². The molecule has 0 amide bonds. The molecule has 3 aromatic rings. The first-order chi connectivity index (χ1) is 12.5. The van der Waals surface area contributed by atoms with E-state index >= 15 is 0 Å². The molecule has 0 spiro atoms. The summed E-state index contributed by atoms with van der Waals surface area (Å²) in [6, 6.07) is 13.2. The number of fused-ring (bicyclic) bond motifs is 1. The predicted molar refractivity (Wildman–Crippen MR) is 92.5 cm³/mol. The van der Waals surface area contributed by atoms with Crippen molar-refractivity contribution in [3.8, 4) is 0 Å². The number of Topliss-reactive ketones (excluding diaryl/α,β-unsaturated/α-hetero) is 1. The van der Waals surface area contributed by atoms with Gasteiger partial charge in [-0.15, -0.1) is 0 Å². The standard InChI is InChI=1S/C18H15N3O5/c22-15(9-13-4-3-5-14(8-13)21(24)25)11-26-18(23)10-20-12-19-16-6-1-2-7-17(16)20/h1-8,12H,9-11H2. The SMILES string of the molecule is O=C(COC(=O)Cn1cnc2ccccc21)Cc1cccc([N+](=O)[O-])c1. The number of nitro benzene ring substituents is 1. The van der Waals surface area contributed by atoms with E-state index in [9.17, 15) is 19.7 Å². The highest BCUT2D eigenvalue weighted by Gasteiger charge is 2.13. The number of hydrogen-bond donors (Lipinski definition) is 0. The first-order valence-electron chi connectivity index (χ1n) is 7.83. The summed E-state index contributed by atoms with van der Waals surface area (Å²) >= 11 is 0. The molecule has 26 heavy (non-hydrogen) atoms. The number of nitro groups is 1. The van der Waals surface area contributed by atoms with E-state index < -0.39 is 10.9 Å². The van der Waals surface area contributed by atoms with Crippen LogP contribution in [0.25, 0.3) is 11.0 Å². The van der Waals surface area contributed by atoms with Gasteiger partial charge >= 0.3 is 5.97 Å². The number of ether oxygens (including phenoxy) is 1. The highest BCUT2D eigenvalue weighted by Crippen LogP contribution is 2.14. The van der Waals surface area contributed by atoms with Crippen LogP contribution in [0, 0.1) is 10.1 Å². The number of hydrogen-bond acceptors (Lipinski definition) is 6. The van der Waals surface area contributed by atoms with Crippen LogP contribution in [0.1, 0.15) is 5.56 Å². The summed E-state index contributed by atoms with van der Waals surface area (Å²) in [6.07, 6.45) is 1.50. The van der Waals surface area contributed by atoms with E-state index in [1.54, 1.807) is 10.6 Å². The summed E-state index contributed by atoms with van der Waals surface area (Å²) in [4.78, 5) is 38.3.